The van der Waals surface area contributed by atoms with E-state index in [4.69, 9.17) is 5.73 Å². The molecule has 0 spiro atoms. The fourth-order valence-electron chi connectivity index (χ4n) is 2.08. The summed E-state index contributed by atoms with van der Waals surface area (Å²) in [4.78, 5) is 13.8. The van der Waals surface area contributed by atoms with Crippen molar-refractivity contribution in [2.24, 2.45) is 0 Å². The number of benzene rings is 1. The van der Waals surface area contributed by atoms with Gasteiger partial charge < -0.3 is 16.2 Å². The molecule has 0 aliphatic rings. The lowest BCUT2D eigenvalue weighted by Crippen LogP contribution is -2.19. The Hall–Kier alpha value is -2.01. The highest BCUT2D eigenvalue weighted by Gasteiger charge is 2.13. The molecule has 1 unspecified atom stereocenters. The molecule has 2 rings (SSSR count). The van der Waals surface area contributed by atoms with Gasteiger partial charge in [-0.2, -0.15) is 0 Å². The van der Waals surface area contributed by atoms with Gasteiger partial charge in [0, 0.05) is 33.6 Å². The zero-order valence-corrected chi connectivity index (χ0v) is 12.3. The van der Waals surface area contributed by atoms with Gasteiger partial charge in [-0.15, -0.1) is 11.3 Å². The molecule has 0 fully saturated rings. The number of carboxylic acids is 1. The number of anilines is 2. The molecule has 0 aliphatic heterocycles. The van der Waals surface area contributed by atoms with E-state index in [1.54, 1.807) is 23.5 Å². The van der Waals surface area contributed by atoms with Crippen molar-refractivity contribution in [3.63, 3.8) is 0 Å². The molecular formula is C15H18N2O2S. The third-order valence-corrected chi connectivity index (χ3v) is 4.00. The normalized spacial score (nSPS) is 12.1. The van der Waals surface area contributed by atoms with Gasteiger partial charge in [0.15, 0.2) is 0 Å². The summed E-state index contributed by atoms with van der Waals surface area (Å²) in [5, 5.41) is 12.4. The molecular weight excluding hydrogens is 272 g/mol. The second kappa shape index (κ2) is 5.96. The highest BCUT2D eigenvalue weighted by molar-refractivity contribution is 7.11. The highest BCUT2D eigenvalue weighted by atomic mass is 32.1. The van der Waals surface area contributed by atoms with Gasteiger partial charge in [-0.05, 0) is 44.2 Å². The largest absolute Gasteiger partial charge is 0.478 e. The first kappa shape index (κ1) is 14.4. The van der Waals surface area contributed by atoms with Crippen LogP contribution in [-0.2, 0) is 6.42 Å². The van der Waals surface area contributed by atoms with Crippen molar-refractivity contribution in [2.45, 2.75) is 26.3 Å². The van der Waals surface area contributed by atoms with Crippen molar-refractivity contribution in [1.82, 2.24) is 0 Å². The second-order valence-electron chi connectivity index (χ2n) is 4.87. The molecule has 4 N–H and O–H groups in total. The van der Waals surface area contributed by atoms with Gasteiger partial charge in [0.2, 0.25) is 0 Å². The molecule has 5 heteroatoms. The van der Waals surface area contributed by atoms with E-state index in [-0.39, 0.29) is 11.6 Å². The summed E-state index contributed by atoms with van der Waals surface area (Å²) < 4.78 is 0. The topological polar surface area (TPSA) is 75.3 Å². The monoisotopic (exact) mass is 290 g/mol. The lowest BCUT2D eigenvalue weighted by atomic mass is 10.1. The first-order valence-corrected chi connectivity index (χ1v) is 7.22. The molecule has 1 heterocycles. The molecule has 106 valence electrons. The molecule has 1 aromatic heterocycles. The summed E-state index contributed by atoms with van der Waals surface area (Å²) in [5.74, 6) is -0.973. The van der Waals surface area contributed by atoms with Crippen LogP contribution in [0, 0.1) is 6.92 Å². The maximum absolute atomic E-state index is 11.2. The number of carboxylic acid groups (broad SMARTS) is 1. The van der Waals surface area contributed by atoms with Crippen LogP contribution in [0.2, 0.25) is 0 Å². The van der Waals surface area contributed by atoms with Crippen LogP contribution in [-0.4, -0.2) is 17.1 Å². The van der Waals surface area contributed by atoms with Crippen LogP contribution in [0.25, 0.3) is 0 Å². The van der Waals surface area contributed by atoms with Crippen molar-refractivity contribution in [2.75, 3.05) is 11.1 Å². The molecule has 0 aliphatic carbocycles. The van der Waals surface area contributed by atoms with Crippen molar-refractivity contribution >= 4 is 28.7 Å². The predicted molar refractivity (Wildman–Crippen MR) is 83.7 cm³/mol. The SMILES string of the molecule is Cc1ccc(CC(C)Nc2ccc(N)cc2C(=O)O)s1. The van der Waals surface area contributed by atoms with Crippen molar-refractivity contribution in [3.05, 3.63) is 45.6 Å². The summed E-state index contributed by atoms with van der Waals surface area (Å²) in [6.07, 6.45) is 0.863. The number of nitrogen functional groups attached to an aromatic ring is 1. The minimum Gasteiger partial charge on any atom is -0.478 e. The Balaban J connectivity index is 2.11. The summed E-state index contributed by atoms with van der Waals surface area (Å²) in [6.45, 7) is 4.12. The molecule has 20 heavy (non-hydrogen) atoms. The summed E-state index contributed by atoms with van der Waals surface area (Å²) in [6, 6.07) is 9.26. The lowest BCUT2D eigenvalue weighted by molar-refractivity contribution is 0.0698. The number of hydrogen-bond acceptors (Lipinski definition) is 4. The average Bonchev–Trinajstić information content (AvgIpc) is 2.76. The van der Waals surface area contributed by atoms with E-state index in [1.807, 2.05) is 6.92 Å². The van der Waals surface area contributed by atoms with E-state index in [0.29, 0.717) is 11.4 Å². The molecule has 2 aromatic rings. The van der Waals surface area contributed by atoms with Gasteiger partial charge in [-0.3, -0.25) is 0 Å². The Labute approximate surface area is 122 Å². The molecule has 0 bridgehead atoms. The van der Waals surface area contributed by atoms with Gasteiger partial charge in [0.25, 0.3) is 0 Å². The predicted octanol–water partition coefficient (Wildman–Crippen LogP) is 3.38. The molecule has 0 amide bonds. The Kier molecular flexibility index (Phi) is 4.29. The molecule has 4 nitrogen and oxygen atoms in total. The molecule has 1 atom stereocenters. The number of aromatic carboxylic acids is 1. The number of carbonyl (C=O) groups is 1. The maximum Gasteiger partial charge on any atom is 0.337 e. The fourth-order valence-corrected chi connectivity index (χ4v) is 3.10. The van der Waals surface area contributed by atoms with E-state index in [1.165, 1.54) is 15.8 Å². The summed E-state index contributed by atoms with van der Waals surface area (Å²) in [5.41, 5.74) is 6.90. The third kappa shape index (κ3) is 3.51. The minimum atomic E-state index is -0.973. The second-order valence-corrected chi connectivity index (χ2v) is 6.24. The zero-order valence-electron chi connectivity index (χ0n) is 11.5. The van der Waals surface area contributed by atoms with Gasteiger partial charge in [-0.1, -0.05) is 0 Å². The summed E-state index contributed by atoms with van der Waals surface area (Å²) >= 11 is 1.76. The van der Waals surface area contributed by atoms with Gasteiger partial charge in [-0.25, -0.2) is 4.79 Å². The smallest absolute Gasteiger partial charge is 0.337 e. The number of aryl methyl sites for hydroxylation is 1. The van der Waals surface area contributed by atoms with Gasteiger partial charge >= 0.3 is 5.97 Å². The van der Waals surface area contributed by atoms with Crippen molar-refractivity contribution in [1.29, 1.82) is 0 Å². The highest BCUT2D eigenvalue weighted by Crippen LogP contribution is 2.22. The number of thiophene rings is 1. The maximum atomic E-state index is 11.2. The van der Waals surface area contributed by atoms with Crippen molar-refractivity contribution in [3.8, 4) is 0 Å². The Morgan fingerprint density at radius 1 is 1.40 bits per heavy atom. The van der Waals surface area contributed by atoms with Gasteiger partial charge in [0.1, 0.15) is 0 Å². The van der Waals surface area contributed by atoms with Crippen LogP contribution < -0.4 is 11.1 Å². The standard InChI is InChI=1S/C15H18N2O2S/c1-9(7-12-5-3-10(2)20-12)17-14-6-4-11(16)8-13(14)15(18)19/h3-6,8-9,17H,7,16H2,1-2H3,(H,18,19). The molecule has 0 saturated heterocycles. The first-order chi connectivity index (χ1) is 9.45. The number of nitrogens with one attached hydrogen (secondary N) is 1. The summed E-state index contributed by atoms with van der Waals surface area (Å²) in [7, 11) is 0. The van der Waals surface area contributed by atoms with Crippen LogP contribution in [0.4, 0.5) is 11.4 Å². The van der Waals surface area contributed by atoms with Crippen LogP contribution in [0.15, 0.2) is 30.3 Å². The van der Waals surface area contributed by atoms with Crippen LogP contribution in [0.1, 0.15) is 27.0 Å². The van der Waals surface area contributed by atoms with Crippen LogP contribution in [0.3, 0.4) is 0 Å². The Morgan fingerprint density at radius 2 is 2.15 bits per heavy atom. The molecule has 1 aromatic carbocycles. The van der Waals surface area contributed by atoms with E-state index in [2.05, 4.69) is 24.4 Å². The first-order valence-electron chi connectivity index (χ1n) is 6.40. The van der Waals surface area contributed by atoms with Crippen molar-refractivity contribution < 1.29 is 9.90 Å². The average molecular weight is 290 g/mol. The molecule has 0 radical (unpaired) electrons. The minimum absolute atomic E-state index is 0.148. The lowest BCUT2D eigenvalue weighted by Gasteiger charge is -2.16. The van der Waals surface area contributed by atoms with E-state index >= 15 is 0 Å². The van der Waals surface area contributed by atoms with E-state index in [9.17, 15) is 9.90 Å². The van der Waals surface area contributed by atoms with Gasteiger partial charge in [0.05, 0.1) is 5.56 Å². The quantitative estimate of drug-likeness (QED) is 0.738. The zero-order chi connectivity index (χ0) is 14.7. The fraction of sp³-hybridized carbons (Fsp3) is 0.267. The number of nitrogens with two attached hydrogens (primary N) is 1. The number of hydrogen-bond donors (Lipinski definition) is 3. The van der Waals surface area contributed by atoms with E-state index in [0.717, 1.165) is 6.42 Å². The Bertz CT molecular complexity index is 622. The van der Waals surface area contributed by atoms with Crippen LogP contribution in [0.5, 0.6) is 0 Å². The molecule has 0 saturated carbocycles. The third-order valence-electron chi connectivity index (χ3n) is 2.98. The Morgan fingerprint density at radius 3 is 2.75 bits per heavy atom. The van der Waals surface area contributed by atoms with E-state index < -0.39 is 5.97 Å². The number of rotatable bonds is 5. The van der Waals surface area contributed by atoms with Crippen LogP contribution >= 0.6 is 11.3 Å².